The molecule has 21 heavy (non-hydrogen) atoms. The predicted molar refractivity (Wildman–Crippen MR) is 87.9 cm³/mol. The van der Waals surface area contributed by atoms with Crippen LogP contribution in [0.3, 0.4) is 0 Å². The summed E-state index contributed by atoms with van der Waals surface area (Å²) in [5, 5.41) is 3.96. The standard InChI is InChI=1S/C17H20ClFN2/c1-3-10-20-12-13-8-9-16(14(18)11-13)21(2)17-7-5-4-6-15(17)19/h4-9,11,20H,3,10,12H2,1-2H3. The molecular weight excluding hydrogens is 287 g/mol. The largest absolute Gasteiger partial charge is 0.341 e. The zero-order chi connectivity index (χ0) is 15.2. The summed E-state index contributed by atoms with van der Waals surface area (Å²) < 4.78 is 13.8. The Hall–Kier alpha value is -1.58. The van der Waals surface area contributed by atoms with Gasteiger partial charge in [-0.1, -0.05) is 36.7 Å². The Morgan fingerprint density at radius 2 is 1.90 bits per heavy atom. The van der Waals surface area contributed by atoms with Crippen LogP contribution in [0.2, 0.25) is 5.02 Å². The smallest absolute Gasteiger partial charge is 0.146 e. The van der Waals surface area contributed by atoms with E-state index in [0.29, 0.717) is 10.7 Å². The molecule has 0 aliphatic carbocycles. The molecule has 0 fully saturated rings. The van der Waals surface area contributed by atoms with Gasteiger partial charge in [-0.25, -0.2) is 4.39 Å². The number of anilines is 2. The molecule has 2 nitrogen and oxygen atoms in total. The van der Waals surface area contributed by atoms with Crippen LogP contribution in [0.4, 0.5) is 15.8 Å². The van der Waals surface area contributed by atoms with E-state index in [-0.39, 0.29) is 5.82 Å². The van der Waals surface area contributed by atoms with Gasteiger partial charge in [-0.3, -0.25) is 0 Å². The van der Waals surface area contributed by atoms with E-state index >= 15 is 0 Å². The topological polar surface area (TPSA) is 15.3 Å². The SMILES string of the molecule is CCCNCc1ccc(N(C)c2ccccc2F)c(Cl)c1. The van der Waals surface area contributed by atoms with Crippen molar-refractivity contribution in [3.63, 3.8) is 0 Å². The first kappa shape index (κ1) is 15.8. The summed E-state index contributed by atoms with van der Waals surface area (Å²) in [5.74, 6) is -0.259. The fourth-order valence-corrected chi connectivity index (χ4v) is 2.53. The summed E-state index contributed by atoms with van der Waals surface area (Å²) in [7, 11) is 1.81. The van der Waals surface area contributed by atoms with Gasteiger partial charge in [0.05, 0.1) is 16.4 Å². The van der Waals surface area contributed by atoms with Gasteiger partial charge < -0.3 is 10.2 Å². The molecule has 4 heteroatoms. The van der Waals surface area contributed by atoms with Gasteiger partial charge in [-0.05, 0) is 42.8 Å². The minimum absolute atomic E-state index is 0.259. The van der Waals surface area contributed by atoms with Crippen LogP contribution >= 0.6 is 11.6 Å². The summed E-state index contributed by atoms with van der Waals surface area (Å²) in [4.78, 5) is 1.76. The van der Waals surface area contributed by atoms with E-state index in [1.54, 1.807) is 17.0 Å². The highest BCUT2D eigenvalue weighted by molar-refractivity contribution is 6.33. The average Bonchev–Trinajstić information content (AvgIpc) is 2.47. The molecule has 0 saturated heterocycles. The first-order chi connectivity index (χ1) is 10.1. The van der Waals surface area contributed by atoms with E-state index in [1.165, 1.54) is 6.07 Å². The number of hydrogen-bond acceptors (Lipinski definition) is 2. The molecule has 0 amide bonds. The number of para-hydroxylation sites is 1. The van der Waals surface area contributed by atoms with Crippen LogP contribution in [0.15, 0.2) is 42.5 Å². The highest BCUT2D eigenvalue weighted by atomic mass is 35.5. The van der Waals surface area contributed by atoms with Crippen LogP contribution in [-0.2, 0) is 6.54 Å². The summed E-state index contributed by atoms with van der Waals surface area (Å²) in [5.41, 5.74) is 2.43. The normalized spacial score (nSPS) is 10.7. The van der Waals surface area contributed by atoms with E-state index < -0.39 is 0 Å². The Kier molecular flexibility index (Phi) is 5.59. The molecule has 0 heterocycles. The number of rotatable bonds is 6. The Morgan fingerprint density at radius 3 is 2.57 bits per heavy atom. The number of hydrogen-bond donors (Lipinski definition) is 1. The summed E-state index contributed by atoms with van der Waals surface area (Å²) in [6.45, 7) is 3.90. The van der Waals surface area contributed by atoms with E-state index in [2.05, 4.69) is 12.2 Å². The highest BCUT2D eigenvalue weighted by Crippen LogP contribution is 2.32. The zero-order valence-corrected chi connectivity index (χ0v) is 13.1. The summed E-state index contributed by atoms with van der Waals surface area (Å²) in [6.07, 6.45) is 1.10. The molecule has 0 aliphatic heterocycles. The zero-order valence-electron chi connectivity index (χ0n) is 12.4. The third-order valence-corrected chi connectivity index (χ3v) is 3.65. The lowest BCUT2D eigenvalue weighted by molar-refractivity contribution is 0.627. The highest BCUT2D eigenvalue weighted by Gasteiger charge is 2.12. The van der Waals surface area contributed by atoms with E-state index in [4.69, 9.17) is 11.6 Å². The Balaban J connectivity index is 2.19. The molecule has 0 bridgehead atoms. The van der Waals surface area contributed by atoms with Gasteiger partial charge in [0.15, 0.2) is 0 Å². The van der Waals surface area contributed by atoms with Crippen LogP contribution in [-0.4, -0.2) is 13.6 Å². The molecular formula is C17H20ClFN2. The van der Waals surface area contributed by atoms with Crippen LogP contribution in [0.25, 0.3) is 0 Å². The number of halogens is 2. The number of nitrogens with one attached hydrogen (secondary N) is 1. The second-order valence-electron chi connectivity index (χ2n) is 4.97. The van der Waals surface area contributed by atoms with Crippen LogP contribution in [0, 0.1) is 5.82 Å². The maximum Gasteiger partial charge on any atom is 0.146 e. The van der Waals surface area contributed by atoms with Crippen molar-refractivity contribution in [3.8, 4) is 0 Å². The lowest BCUT2D eigenvalue weighted by atomic mass is 10.1. The van der Waals surface area contributed by atoms with Crippen LogP contribution < -0.4 is 10.2 Å². The van der Waals surface area contributed by atoms with Gasteiger partial charge in [-0.15, -0.1) is 0 Å². The summed E-state index contributed by atoms with van der Waals surface area (Å²) >= 11 is 6.35. The minimum Gasteiger partial charge on any atom is -0.341 e. The minimum atomic E-state index is -0.259. The second kappa shape index (κ2) is 7.43. The molecule has 0 atom stereocenters. The number of nitrogens with zero attached hydrogens (tertiary/aromatic N) is 1. The van der Waals surface area contributed by atoms with Gasteiger partial charge in [-0.2, -0.15) is 0 Å². The first-order valence-electron chi connectivity index (χ1n) is 7.11. The molecule has 0 unspecified atom stereocenters. The van der Waals surface area contributed by atoms with Crippen LogP contribution in [0.1, 0.15) is 18.9 Å². The Labute approximate surface area is 130 Å². The second-order valence-corrected chi connectivity index (χ2v) is 5.38. The van der Waals surface area contributed by atoms with E-state index in [0.717, 1.165) is 30.8 Å². The van der Waals surface area contributed by atoms with Crippen molar-refractivity contribution >= 4 is 23.0 Å². The van der Waals surface area contributed by atoms with Gasteiger partial charge in [0, 0.05) is 13.6 Å². The van der Waals surface area contributed by atoms with Crippen molar-refractivity contribution in [3.05, 3.63) is 58.9 Å². The monoisotopic (exact) mass is 306 g/mol. The van der Waals surface area contributed by atoms with Crippen molar-refractivity contribution in [2.45, 2.75) is 19.9 Å². The Bertz CT molecular complexity index is 601. The maximum atomic E-state index is 13.8. The van der Waals surface area contributed by atoms with E-state index in [1.807, 2.05) is 31.3 Å². The van der Waals surface area contributed by atoms with Crippen molar-refractivity contribution < 1.29 is 4.39 Å². The summed E-state index contributed by atoms with van der Waals surface area (Å²) in [6, 6.07) is 12.5. The lowest BCUT2D eigenvalue weighted by Crippen LogP contribution is -2.15. The van der Waals surface area contributed by atoms with Gasteiger partial charge in [0.2, 0.25) is 0 Å². The average molecular weight is 307 g/mol. The molecule has 112 valence electrons. The van der Waals surface area contributed by atoms with Crippen molar-refractivity contribution in [1.82, 2.24) is 5.32 Å². The van der Waals surface area contributed by atoms with Crippen LogP contribution in [0.5, 0.6) is 0 Å². The molecule has 2 rings (SSSR count). The fourth-order valence-electron chi connectivity index (χ4n) is 2.20. The molecule has 0 spiro atoms. The molecule has 2 aromatic rings. The van der Waals surface area contributed by atoms with Crippen molar-refractivity contribution in [2.24, 2.45) is 0 Å². The van der Waals surface area contributed by atoms with Crippen molar-refractivity contribution in [2.75, 3.05) is 18.5 Å². The maximum absolute atomic E-state index is 13.8. The molecule has 1 N–H and O–H groups in total. The lowest BCUT2D eigenvalue weighted by Gasteiger charge is -2.21. The molecule has 0 aromatic heterocycles. The Morgan fingerprint density at radius 1 is 1.14 bits per heavy atom. The predicted octanol–water partition coefficient (Wildman–Crippen LogP) is 4.75. The van der Waals surface area contributed by atoms with Gasteiger partial charge in [0.1, 0.15) is 5.82 Å². The van der Waals surface area contributed by atoms with Gasteiger partial charge in [0.25, 0.3) is 0 Å². The third kappa shape index (κ3) is 3.96. The third-order valence-electron chi connectivity index (χ3n) is 3.34. The molecule has 0 saturated carbocycles. The molecule has 0 radical (unpaired) electrons. The number of benzene rings is 2. The molecule has 2 aromatic carbocycles. The van der Waals surface area contributed by atoms with Crippen molar-refractivity contribution in [1.29, 1.82) is 0 Å². The fraction of sp³-hybridized carbons (Fsp3) is 0.294. The van der Waals surface area contributed by atoms with Gasteiger partial charge >= 0.3 is 0 Å². The quantitative estimate of drug-likeness (QED) is 0.775. The first-order valence-corrected chi connectivity index (χ1v) is 7.48. The van der Waals surface area contributed by atoms with E-state index in [9.17, 15) is 4.39 Å². The molecule has 0 aliphatic rings.